The van der Waals surface area contributed by atoms with Crippen LogP contribution in [0.5, 0.6) is 0 Å². The highest BCUT2D eigenvalue weighted by Crippen LogP contribution is 2.35. The fraction of sp³-hybridized carbons (Fsp3) is 0.188. The summed E-state index contributed by atoms with van der Waals surface area (Å²) >= 11 is 7.01. The van der Waals surface area contributed by atoms with E-state index in [-0.39, 0.29) is 11.8 Å². The monoisotopic (exact) mass is 408 g/mol. The van der Waals surface area contributed by atoms with Crippen LogP contribution in [0.2, 0.25) is 0 Å². The molecule has 0 saturated heterocycles. The van der Waals surface area contributed by atoms with Gasteiger partial charge in [0.1, 0.15) is 0 Å². The van der Waals surface area contributed by atoms with Crippen LogP contribution in [0.1, 0.15) is 17.0 Å². The van der Waals surface area contributed by atoms with Crippen molar-refractivity contribution in [3.05, 3.63) is 56.5 Å². The van der Waals surface area contributed by atoms with Crippen molar-refractivity contribution in [2.24, 2.45) is 0 Å². The summed E-state index contributed by atoms with van der Waals surface area (Å²) < 4.78 is 1.75. The van der Waals surface area contributed by atoms with Gasteiger partial charge < -0.3 is 10.6 Å². The molecule has 1 heterocycles. The first-order valence-electron chi connectivity index (χ1n) is 6.65. The minimum atomic E-state index is -0.165. The lowest BCUT2D eigenvalue weighted by atomic mass is 10.0. The number of anilines is 2. The highest BCUT2D eigenvalue weighted by Gasteiger charge is 2.28. The summed E-state index contributed by atoms with van der Waals surface area (Å²) in [6, 6.07) is 11.9. The Morgan fingerprint density at radius 2 is 1.90 bits per heavy atom. The van der Waals surface area contributed by atoms with Gasteiger partial charge >= 0.3 is 0 Å². The first-order valence-corrected chi connectivity index (χ1v) is 8.24. The second-order valence-corrected chi connectivity index (χ2v) is 6.82. The molecule has 1 amide bonds. The van der Waals surface area contributed by atoms with Crippen LogP contribution < -0.4 is 10.6 Å². The van der Waals surface area contributed by atoms with Crippen LogP contribution in [-0.2, 0) is 4.79 Å². The van der Waals surface area contributed by atoms with Gasteiger partial charge in [0.15, 0.2) is 0 Å². The minimum absolute atomic E-state index is 0.00213. The molecule has 3 nitrogen and oxygen atoms in total. The molecular weight excluding hydrogens is 396 g/mol. The van der Waals surface area contributed by atoms with Crippen molar-refractivity contribution in [3.63, 3.8) is 0 Å². The van der Waals surface area contributed by atoms with Gasteiger partial charge in [-0.15, -0.1) is 0 Å². The van der Waals surface area contributed by atoms with E-state index in [0.717, 1.165) is 31.4 Å². The van der Waals surface area contributed by atoms with Gasteiger partial charge in [-0.1, -0.05) is 18.2 Å². The molecule has 0 saturated carbocycles. The molecule has 1 atom stereocenters. The normalized spacial score (nSPS) is 16.2. The SMILES string of the molecule is Cc1cc(Br)c(NC(=O)C2CNc3ccccc32)c(Br)c1. The van der Waals surface area contributed by atoms with Crippen molar-refractivity contribution < 1.29 is 4.79 Å². The maximum atomic E-state index is 12.6. The van der Waals surface area contributed by atoms with E-state index >= 15 is 0 Å². The van der Waals surface area contributed by atoms with Gasteiger partial charge in [0.05, 0.1) is 11.6 Å². The number of hydrogen-bond donors (Lipinski definition) is 2. The average molecular weight is 410 g/mol. The number of aryl methyl sites for hydroxylation is 1. The van der Waals surface area contributed by atoms with Gasteiger partial charge in [0.25, 0.3) is 0 Å². The smallest absolute Gasteiger partial charge is 0.233 e. The standard InChI is InChI=1S/C16H14Br2N2O/c1-9-6-12(17)15(13(18)7-9)20-16(21)11-8-19-14-5-3-2-4-10(11)14/h2-7,11,19H,8H2,1H3,(H,20,21). The first-order chi connectivity index (χ1) is 10.1. The number of amides is 1. The Kier molecular flexibility index (Phi) is 4.04. The van der Waals surface area contributed by atoms with Crippen LogP contribution in [-0.4, -0.2) is 12.5 Å². The van der Waals surface area contributed by atoms with Crippen molar-refractivity contribution in [1.82, 2.24) is 0 Å². The molecule has 2 N–H and O–H groups in total. The third-order valence-corrected chi connectivity index (χ3v) is 4.83. The Hall–Kier alpha value is -1.33. The van der Waals surface area contributed by atoms with Gasteiger partial charge in [0.2, 0.25) is 5.91 Å². The summed E-state index contributed by atoms with van der Waals surface area (Å²) in [6.07, 6.45) is 0. The van der Waals surface area contributed by atoms with E-state index in [1.165, 1.54) is 0 Å². The molecule has 0 bridgehead atoms. The second-order valence-electron chi connectivity index (χ2n) is 5.11. The summed E-state index contributed by atoms with van der Waals surface area (Å²) in [5, 5.41) is 6.29. The summed E-state index contributed by atoms with van der Waals surface area (Å²) in [7, 11) is 0. The van der Waals surface area contributed by atoms with E-state index < -0.39 is 0 Å². The summed E-state index contributed by atoms with van der Waals surface area (Å²) in [5.41, 5.74) is 3.99. The van der Waals surface area contributed by atoms with Gasteiger partial charge in [-0.3, -0.25) is 4.79 Å². The second kappa shape index (κ2) is 5.81. The predicted molar refractivity (Wildman–Crippen MR) is 92.9 cm³/mol. The largest absolute Gasteiger partial charge is 0.384 e. The Morgan fingerprint density at radius 1 is 1.24 bits per heavy atom. The van der Waals surface area contributed by atoms with Gasteiger partial charge in [-0.05, 0) is 68.1 Å². The lowest BCUT2D eigenvalue weighted by molar-refractivity contribution is -0.117. The molecule has 0 spiro atoms. The lowest BCUT2D eigenvalue weighted by Crippen LogP contribution is -2.23. The van der Waals surface area contributed by atoms with E-state index in [1.807, 2.05) is 43.3 Å². The van der Waals surface area contributed by atoms with E-state index in [2.05, 4.69) is 42.5 Å². The molecule has 1 aliphatic rings. The molecule has 0 aromatic heterocycles. The van der Waals surface area contributed by atoms with Crippen LogP contribution in [0.4, 0.5) is 11.4 Å². The van der Waals surface area contributed by atoms with Crippen LogP contribution in [0.15, 0.2) is 45.3 Å². The topological polar surface area (TPSA) is 41.1 Å². The Morgan fingerprint density at radius 3 is 2.62 bits per heavy atom. The number of carbonyl (C=O) groups is 1. The third-order valence-electron chi connectivity index (χ3n) is 3.58. The number of carbonyl (C=O) groups excluding carboxylic acids is 1. The molecule has 2 aromatic rings. The van der Waals surface area contributed by atoms with Crippen molar-refractivity contribution >= 4 is 49.1 Å². The van der Waals surface area contributed by atoms with Crippen molar-refractivity contribution in [2.45, 2.75) is 12.8 Å². The summed E-state index contributed by atoms with van der Waals surface area (Å²) in [6.45, 7) is 2.64. The van der Waals surface area contributed by atoms with Gasteiger partial charge in [-0.25, -0.2) is 0 Å². The maximum absolute atomic E-state index is 12.6. The Bertz CT molecular complexity index is 692. The van der Waals surface area contributed by atoms with Crippen LogP contribution in [0.3, 0.4) is 0 Å². The molecule has 0 aliphatic carbocycles. The van der Waals surface area contributed by atoms with E-state index in [0.29, 0.717) is 6.54 Å². The highest BCUT2D eigenvalue weighted by atomic mass is 79.9. The van der Waals surface area contributed by atoms with Crippen molar-refractivity contribution in [2.75, 3.05) is 17.2 Å². The molecule has 5 heteroatoms. The van der Waals surface area contributed by atoms with Crippen molar-refractivity contribution in [1.29, 1.82) is 0 Å². The number of nitrogens with one attached hydrogen (secondary N) is 2. The van der Waals surface area contributed by atoms with Crippen molar-refractivity contribution in [3.8, 4) is 0 Å². The molecule has 21 heavy (non-hydrogen) atoms. The molecule has 2 aromatic carbocycles. The number of fused-ring (bicyclic) bond motifs is 1. The van der Waals surface area contributed by atoms with Gasteiger partial charge in [-0.2, -0.15) is 0 Å². The quantitative estimate of drug-likeness (QED) is 0.756. The summed E-state index contributed by atoms with van der Waals surface area (Å²) in [4.78, 5) is 12.6. The zero-order chi connectivity index (χ0) is 15.0. The fourth-order valence-electron chi connectivity index (χ4n) is 2.55. The van der Waals surface area contributed by atoms with Crippen LogP contribution in [0.25, 0.3) is 0 Å². The molecule has 0 fully saturated rings. The third kappa shape index (κ3) is 2.85. The highest BCUT2D eigenvalue weighted by molar-refractivity contribution is 9.11. The molecular formula is C16H14Br2N2O. The van der Waals surface area contributed by atoms with Gasteiger partial charge in [0, 0.05) is 21.2 Å². The number of para-hydroxylation sites is 1. The average Bonchev–Trinajstić information content (AvgIpc) is 2.86. The molecule has 1 aliphatic heterocycles. The Labute approximate surface area is 140 Å². The lowest BCUT2D eigenvalue weighted by Gasteiger charge is -2.14. The molecule has 3 rings (SSSR count). The zero-order valence-electron chi connectivity index (χ0n) is 11.4. The summed E-state index contributed by atoms with van der Waals surface area (Å²) in [5.74, 6) is -0.168. The van der Waals surface area contributed by atoms with E-state index in [9.17, 15) is 4.79 Å². The fourth-order valence-corrected chi connectivity index (χ4v) is 4.16. The number of halogens is 2. The number of hydrogen-bond acceptors (Lipinski definition) is 2. The predicted octanol–water partition coefficient (Wildman–Crippen LogP) is 4.67. The molecule has 1 unspecified atom stereocenters. The van der Waals surface area contributed by atoms with E-state index in [4.69, 9.17) is 0 Å². The van der Waals surface area contributed by atoms with Crippen LogP contribution >= 0.6 is 31.9 Å². The maximum Gasteiger partial charge on any atom is 0.233 e. The van der Waals surface area contributed by atoms with Crippen LogP contribution in [0, 0.1) is 6.92 Å². The number of rotatable bonds is 2. The first kappa shape index (κ1) is 14.6. The minimum Gasteiger partial charge on any atom is -0.384 e. The molecule has 0 radical (unpaired) electrons. The van der Waals surface area contributed by atoms with E-state index in [1.54, 1.807) is 0 Å². The molecule has 108 valence electrons. The Balaban J connectivity index is 1.86. The zero-order valence-corrected chi connectivity index (χ0v) is 14.6. The number of benzene rings is 2.